The number of carbonyl (C=O) groups excluding carboxylic acids is 1. The van der Waals surface area contributed by atoms with Crippen LogP contribution in [0.3, 0.4) is 0 Å². The minimum absolute atomic E-state index is 0.214. The molecule has 0 unspecified atom stereocenters. The second kappa shape index (κ2) is 8.13. The van der Waals surface area contributed by atoms with Crippen LogP contribution in [-0.4, -0.2) is 56.7 Å². The molecule has 4 heterocycles. The zero-order valence-corrected chi connectivity index (χ0v) is 17.5. The van der Waals surface area contributed by atoms with E-state index in [1.54, 1.807) is 40.0 Å². The lowest BCUT2D eigenvalue weighted by molar-refractivity contribution is 0.0740. The Labute approximate surface area is 179 Å². The molecule has 0 bridgehead atoms. The molecule has 3 aromatic rings. The van der Waals surface area contributed by atoms with Crippen molar-refractivity contribution >= 4 is 23.3 Å². The molecule has 0 spiro atoms. The van der Waals surface area contributed by atoms with E-state index in [-0.39, 0.29) is 11.6 Å². The van der Waals surface area contributed by atoms with Crippen LogP contribution in [0.4, 0.5) is 5.82 Å². The SMILES string of the molecule is Cc1cc(C)n(-c2ccc(Cl)c(C(=O)N3CCN(c4ncccc4C#N)CC3)n2)n1. The fourth-order valence-electron chi connectivity index (χ4n) is 3.57. The average Bonchev–Trinajstić information content (AvgIpc) is 3.11. The first-order valence-electron chi connectivity index (χ1n) is 9.57. The standard InChI is InChI=1S/C21H20ClN7O/c1-14-12-15(2)29(26-14)18-6-5-17(22)19(25-18)21(30)28-10-8-27(9-11-28)20-16(13-23)4-3-7-24-20/h3-7,12H,8-11H2,1-2H3. The number of carbonyl (C=O) groups is 1. The number of nitriles is 1. The number of amides is 1. The first-order valence-corrected chi connectivity index (χ1v) is 9.95. The van der Waals surface area contributed by atoms with Gasteiger partial charge in [0.05, 0.1) is 16.3 Å². The van der Waals surface area contributed by atoms with Crippen LogP contribution in [0.1, 0.15) is 27.4 Å². The number of halogens is 1. The molecule has 4 rings (SSSR count). The predicted octanol–water partition coefficient (Wildman–Crippen LogP) is 2.77. The summed E-state index contributed by atoms with van der Waals surface area (Å²) >= 11 is 6.31. The van der Waals surface area contributed by atoms with E-state index in [9.17, 15) is 10.1 Å². The van der Waals surface area contributed by atoms with Crippen LogP contribution in [-0.2, 0) is 0 Å². The number of rotatable bonds is 3. The highest BCUT2D eigenvalue weighted by Gasteiger charge is 2.26. The summed E-state index contributed by atoms with van der Waals surface area (Å²) < 4.78 is 1.70. The second-order valence-corrected chi connectivity index (χ2v) is 7.51. The molecule has 152 valence electrons. The quantitative estimate of drug-likeness (QED) is 0.645. The van der Waals surface area contributed by atoms with E-state index in [0.717, 1.165) is 11.4 Å². The highest BCUT2D eigenvalue weighted by Crippen LogP contribution is 2.22. The van der Waals surface area contributed by atoms with Crippen molar-refractivity contribution in [2.24, 2.45) is 0 Å². The van der Waals surface area contributed by atoms with Gasteiger partial charge in [-0.15, -0.1) is 0 Å². The summed E-state index contributed by atoms with van der Waals surface area (Å²) in [5.74, 6) is 0.985. The lowest BCUT2D eigenvalue weighted by Crippen LogP contribution is -2.49. The van der Waals surface area contributed by atoms with E-state index >= 15 is 0 Å². The van der Waals surface area contributed by atoms with Crippen molar-refractivity contribution in [3.63, 3.8) is 0 Å². The number of aryl methyl sites for hydroxylation is 2. The van der Waals surface area contributed by atoms with Crippen molar-refractivity contribution < 1.29 is 4.79 Å². The molecule has 0 N–H and O–H groups in total. The maximum atomic E-state index is 13.1. The molecule has 0 radical (unpaired) electrons. The van der Waals surface area contributed by atoms with Gasteiger partial charge in [-0.25, -0.2) is 14.6 Å². The molecular formula is C21H20ClN7O. The largest absolute Gasteiger partial charge is 0.352 e. The molecular weight excluding hydrogens is 402 g/mol. The van der Waals surface area contributed by atoms with Gasteiger partial charge in [0.1, 0.15) is 17.6 Å². The molecule has 1 amide bonds. The molecule has 0 aromatic carbocycles. The summed E-state index contributed by atoms with van der Waals surface area (Å²) in [6.07, 6.45) is 1.67. The van der Waals surface area contributed by atoms with Gasteiger partial charge < -0.3 is 9.80 Å². The van der Waals surface area contributed by atoms with E-state index in [0.29, 0.717) is 48.4 Å². The third-order valence-electron chi connectivity index (χ3n) is 5.03. The van der Waals surface area contributed by atoms with Gasteiger partial charge in [0.25, 0.3) is 5.91 Å². The van der Waals surface area contributed by atoms with Gasteiger partial charge in [-0.2, -0.15) is 10.4 Å². The Balaban J connectivity index is 1.53. The average molecular weight is 422 g/mol. The molecule has 3 aromatic heterocycles. The molecule has 0 aliphatic carbocycles. The third kappa shape index (κ3) is 3.72. The number of hydrogen-bond acceptors (Lipinski definition) is 6. The first-order chi connectivity index (χ1) is 14.5. The number of anilines is 1. The maximum Gasteiger partial charge on any atom is 0.274 e. The van der Waals surface area contributed by atoms with Crippen molar-refractivity contribution in [2.45, 2.75) is 13.8 Å². The predicted molar refractivity (Wildman–Crippen MR) is 113 cm³/mol. The zero-order valence-electron chi connectivity index (χ0n) is 16.7. The van der Waals surface area contributed by atoms with Crippen molar-refractivity contribution in [2.75, 3.05) is 31.1 Å². The second-order valence-electron chi connectivity index (χ2n) is 7.10. The van der Waals surface area contributed by atoms with Crippen LogP contribution in [0.15, 0.2) is 36.5 Å². The van der Waals surface area contributed by atoms with Crippen molar-refractivity contribution in [3.05, 3.63) is 64.2 Å². The van der Waals surface area contributed by atoms with Gasteiger partial charge in [-0.3, -0.25) is 4.79 Å². The van der Waals surface area contributed by atoms with E-state index < -0.39 is 0 Å². The molecule has 9 heteroatoms. The molecule has 1 aliphatic heterocycles. The van der Waals surface area contributed by atoms with E-state index in [1.807, 2.05) is 24.8 Å². The number of pyridine rings is 2. The lowest BCUT2D eigenvalue weighted by Gasteiger charge is -2.35. The van der Waals surface area contributed by atoms with Crippen molar-refractivity contribution in [1.82, 2.24) is 24.6 Å². The number of nitrogens with zero attached hydrogens (tertiary/aromatic N) is 7. The van der Waals surface area contributed by atoms with Gasteiger partial charge in [-0.05, 0) is 44.2 Å². The number of piperazine rings is 1. The van der Waals surface area contributed by atoms with Crippen LogP contribution >= 0.6 is 11.6 Å². The fourth-order valence-corrected chi connectivity index (χ4v) is 3.75. The van der Waals surface area contributed by atoms with Crippen molar-refractivity contribution in [1.29, 1.82) is 5.26 Å². The minimum Gasteiger partial charge on any atom is -0.352 e. The van der Waals surface area contributed by atoms with Gasteiger partial charge in [0, 0.05) is 38.1 Å². The summed E-state index contributed by atoms with van der Waals surface area (Å²) in [7, 11) is 0. The molecule has 30 heavy (non-hydrogen) atoms. The fraction of sp³-hybridized carbons (Fsp3) is 0.286. The van der Waals surface area contributed by atoms with E-state index in [1.165, 1.54) is 0 Å². The Morgan fingerprint density at radius 2 is 1.93 bits per heavy atom. The maximum absolute atomic E-state index is 13.1. The van der Waals surface area contributed by atoms with Crippen LogP contribution in [0.25, 0.3) is 5.82 Å². The number of aromatic nitrogens is 4. The first kappa shape index (κ1) is 19.9. The topological polar surface area (TPSA) is 90.9 Å². The van der Waals surface area contributed by atoms with Crippen LogP contribution in [0.5, 0.6) is 0 Å². The van der Waals surface area contributed by atoms with Crippen LogP contribution in [0, 0.1) is 25.2 Å². The third-order valence-corrected chi connectivity index (χ3v) is 5.34. The Bertz CT molecular complexity index is 1140. The lowest BCUT2D eigenvalue weighted by atomic mass is 10.2. The smallest absolute Gasteiger partial charge is 0.274 e. The van der Waals surface area contributed by atoms with Crippen LogP contribution in [0.2, 0.25) is 5.02 Å². The summed E-state index contributed by atoms with van der Waals surface area (Å²) in [6.45, 7) is 5.97. The Hall–Kier alpha value is -3.44. The van der Waals surface area contributed by atoms with Crippen LogP contribution < -0.4 is 4.90 Å². The van der Waals surface area contributed by atoms with Gasteiger partial charge in [-0.1, -0.05) is 11.6 Å². The monoisotopic (exact) mass is 421 g/mol. The highest BCUT2D eigenvalue weighted by molar-refractivity contribution is 6.33. The summed E-state index contributed by atoms with van der Waals surface area (Å²) in [4.78, 5) is 25.7. The Kier molecular flexibility index (Phi) is 5.38. The molecule has 1 saturated heterocycles. The molecule has 1 fully saturated rings. The number of hydrogen-bond donors (Lipinski definition) is 0. The molecule has 0 atom stereocenters. The minimum atomic E-state index is -0.218. The highest BCUT2D eigenvalue weighted by atomic mass is 35.5. The summed E-state index contributed by atoms with van der Waals surface area (Å²) in [5, 5.41) is 14.0. The van der Waals surface area contributed by atoms with Gasteiger partial charge in [0.15, 0.2) is 5.82 Å². The van der Waals surface area contributed by atoms with E-state index in [2.05, 4.69) is 21.1 Å². The normalized spacial score (nSPS) is 13.9. The zero-order chi connectivity index (χ0) is 21.3. The van der Waals surface area contributed by atoms with E-state index in [4.69, 9.17) is 11.6 Å². The molecule has 1 aliphatic rings. The van der Waals surface area contributed by atoms with Crippen molar-refractivity contribution in [3.8, 4) is 11.9 Å². The van der Waals surface area contributed by atoms with Gasteiger partial charge in [0.2, 0.25) is 0 Å². The molecule has 0 saturated carbocycles. The Morgan fingerprint density at radius 3 is 2.60 bits per heavy atom. The Morgan fingerprint density at radius 1 is 1.17 bits per heavy atom. The summed E-state index contributed by atoms with van der Waals surface area (Å²) in [5.41, 5.74) is 2.54. The molecule has 8 nitrogen and oxygen atoms in total. The van der Waals surface area contributed by atoms with Gasteiger partial charge >= 0.3 is 0 Å². The summed E-state index contributed by atoms with van der Waals surface area (Å²) in [6, 6.07) is 11.0.